The molecule has 2 rings (SSSR count). The van der Waals surface area contributed by atoms with Gasteiger partial charge >= 0.3 is 0 Å². The van der Waals surface area contributed by atoms with Crippen molar-refractivity contribution in [3.63, 3.8) is 0 Å². The van der Waals surface area contributed by atoms with Gasteiger partial charge in [-0.05, 0) is 47.0 Å². The number of rotatable bonds is 5. The smallest absolute Gasteiger partial charge is 0.240 e. The number of benzene rings is 1. The van der Waals surface area contributed by atoms with E-state index in [1.54, 1.807) is 30.5 Å². The summed E-state index contributed by atoms with van der Waals surface area (Å²) in [5.41, 5.74) is 1.19. The quantitative estimate of drug-likeness (QED) is 0.885. The lowest BCUT2D eigenvalue weighted by Crippen LogP contribution is -2.29. The van der Waals surface area contributed by atoms with Gasteiger partial charge in [0.1, 0.15) is 0 Å². The molecule has 1 unspecified atom stereocenters. The van der Waals surface area contributed by atoms with E-state index in [2.05, 4.69) is 4.72 Å². The highest BCUT2D eigenvalue weighted by Gasteiger charge is 2.19. The zero-order valence-corrected chi connectivity index (χ0v) is 13.1. The van der Waals surface area contributed by atoms with Crippen LogP contribution in [-0.2, 0) is 10.0 Å². The molecule has 0 amide bonds. The van der Waals surface area contributed by atoms with E-state index in [-0.39, 0.29) is 11.4 Å². The molecule has 0 spiro atoms. The minimum atomic E-state index is -3.69. The molecule has 20 heavy (non-hydrogen) atoms. The van der Waals surface area contributed by atoms with Crippen LogP contribution < -0.4 is 4.72 Å². The fourth-order valence-corrected chi connectivity index (χ4v) is 3.97. The largest absolute Gasteiger partial charge is 0.387 e. The second-order valence-electron chi connectivity index (χ2n) is 4.29. The molecule has 1 aromatic carbocycles. The zero-order valence-electron chi connectivity index (χ0n) is 10.7. The van der Waals surface area contributed by atoms with Gasteiger partial charge in [0.05, 0.1) is 11.0 Å². The monoisotopic (exact) mass is 331 g/mol. The van der Waals surface area contributed by atoms with Crippen LogP contribution in [-0.4, -0.2) is 20.1 Å². The summed E-state index contributed by atoms with van der Waals surface area (Å²) < 4.78 is 26.8. The second-order valence-corrected chi connectivity index (χ2v) is 7.21. The molecule has 0 aliphatic heterocycles. The van der Waals surface area contributed by atoms with Gasteiger partial charge in [0, 0.05) is 11.6 Å². The molecule has 1 atom stereocenters. The molecule has 0 aliphatic rings. The Hall–Kier alpha value is -0.920. The summed E-state index contributed by atoms with van der Waals surface area (Å²) in [6.07, 6.45) is -0.865. The van der Waals surface area contributed by atoms with Gasteiger partial charge in [-0.3, -0.25) is 0 Å². The van der Waals surface area contributed by atoms with Gasteiger partial charge < -0.3 is 5.11 Å². The first-order valence-corrected chi connectivity index (χ1v) is 8.67. The van der Waals surface area contributed by atoms with Crippen LogP contribution in [0.2, 0.25) is 5.02 Å². The fraction of sp³-hybridized carbons (Fsp3) is 0.231. The van der Waals surface area contributed by atoms with Crippen molar-refractivity contribution in [1.29, 1.82) is 0 Å². The number of nitrogens with one attached hydrogen (secondary N) is 1. The van der Waals surface area contributed by atoms with E-state index in [4.69, 9.17) is 11.6 Å². The number of halogens is 1. The minimum absolute atomic E-state index is 0.0784. The molecule has 0 aliphatic carbocycles. The Morgan fingerprint density at radius 2 is 2.15 bits per heavy atom. The van der Waals surface area contributed by atoms with E-state index in [1.807, 2.05) is 5.38 Å². The molecule has 1 heterocycles. The summed E-state index contributed by atoms with van der Waals surface area (Å²) in [6, 6.07) is 6.46. The second kappa shape index (κ2) is 6.24. The van der Waals surface area contributed by atoms with Crippen molar-refractivity contribution < 1.29 is 13.5 Å². The lowest BCUT2D eigenvalue weighted by atomic mass is 10.2. The van der Waals surface area contributed by atoms with Gasteiger partial charge in [0.2, 0.25) is 10.0 Å². The Morgan fingerprint density at radius 3 is 2.80 bits per heavy atom. The average Bonchev–Trinajstić information content (AvgIpc) is 2.93. The van der Waals surface area contributed by atoms with Crippen LogP contribution in [0, 0.1) is 6.92 Å². The maximum absolute atomic E-state index is 12.2. The standard InChI is InChI=1S/C13H14ClNO3S2/c1-9-11(14)3-2-4-13(9)20(17,18)15-7-12(16)10-5-6-19-8-10/h2-6,8,12,15-16H,7H2,1H3. The number of sulfonamides is 1. The third kappa shape index (κ3) is 3.39. The van der Waals surface area contributed by atoms with Crippen LogP contribution >= 0.6 is 22.9 Å². The molecular weight excluding hydrogens is 318 g/mol. The minimum Gasteiger partial charge on any atom is -0.387 e. The molecule has 108 valence electrons. The fourth-order valence-electron chi connectivity index (χ4n) is 1.73. The highest BCUT2D eigenvalue weighted by Crippen LogP contribution is 2.23. The number of aliphatic hydroxyl groups excluding tert-OH is 1. The molecule has 0 saturated heterocycles. The summed E-state index contributed by atoms with van der Waals surface area (Å²) in [6.45, 7) is 1.57. The van der Waals surface area contributed by atoms with Gasteiger partial charge in [0.15, 0.2) is 0 Å². The first-order valence-electron chi connectivity index (χ1n) is 5.87. The Bertz CT molecular complexity index is 684. The molecule has 0 fully saturated rings. The molecule has 7 heteroatoms. The number of aliphatic hydroxyl groups is 1. The van der Waals surface area contributed by atoms with Crippen molar-refractivity contribution in [3.8, 4) is 0 Å². The Kier molecular flexibility index (Phi) is 4.82. The van der Waals surface area contributed by atoms with Crippen LogP contribution in [0.1, 0.15) is 17.2 Å². The maximum Gasteiger partial charge on any atom is 0.240 e. The Morgan fingerprint density at radius 1 is 1.40 bits per heavy atom. The molecule has 2 N–H and O–H groups in total. The highest BCUT2D eigenvalue weighted by molar-refractivity contribution is 7.89. The zero-order chi connectivity index (χ0) is 14.8. The van der Waals surface area contributed by atoms with E-state index >= 15 is 0 Å². The third-order valence-electron chi connectivity index (χ3n) is 2.90. The van der Waals surface area contributed by atoms with Crippen LogP contribution in [0.5, 0.6) is 0 Å². The van der Waals surface area contributed by atoms with E-state index < -0.39 is 16.1 Å². The van der Waals surface area contributed by atoms with Crippen molar-refractivity contribution in [2.24, 2.45) is 0 Å². The van der Waals surface area contributed by atoms with Gasteiger partial charge in [-0.25, -0.2) is 13.1 Å². The number of hydrogen-bond acceptors (Lipinski definition) is 4. The first-order chi connectivity index (χ1) is 9.42. The highest BCUT2D eigenvalue weighted by atomic mass is 35.5. The summed E-state index contributed by atoms with van der Waals surface area (Å²) in [5, 5.41) is 13.9. The van der Waals surface area contributed by atoms with Crippen molar-refractivity contribution in [2.75, 3.05) is 6.54 Å². The molecule has 1 aromatic heterocycles. The number of hydrogen-bond donors (Lipinski definition) is 2. The number of thiophene rings is 1. The molecule has 0 saturated carbocycles. The van der Waals surface area contributed by atoms with Crippen LogP contribution in [0.15, 0.2) is 39.9 Å². The van der Waals surface area contributed by atoms with Gasteiger partial charge in [-0.1, -0.05) is 17.7 Å². The Balaban J connectivity index is 2.14. The molecular formula is C13H14ClNO3S2. The van der Waals surface area contributed by atoms with Crippen molar-refractivity contribution in [1.82, 2.24) is 4.72 Å². The van der Waals surface area contributed by atoms with E-state index in [9.17, 15) is 13.5 Å². The van der Waals surface area contributed by atoms with Crippen molar-refractivity contribution >= 4 is 33.0 Å². The van der Waals surface area contributed by atoms with Crippen LogP contribution in [0.3, 0.4) is 0 Å². The van der Waals surface area contributed by atoms with Gasteiger partial charge in [0.25, 0.3) is 0 Å². The van der Waals surface area contributed by atoms with Crippen LogP contribution in [0.25, 0.3) is 0 Å². The summed E-state index contributed by atoms with van der Waals surface area (Å²) in [7, 11) is -3.69. The summed E-state index contributed by atoms with van der Waals surface area (Å²) in [4.78, 5) is 0.127. The molecule has 0 bridgehead atoms. The molecule has 2 aromatic rings. The molecule has 4 nitrogen and oxygen atoms in total. The van der Waals surface area contributed by atoms with E-state index in [0.717, 1.165) is 0 Å². The average molecular weight is 332 g/mol. The van der Waals surface area contributed by atoms with Crippen molar-refractivity contribution in [3.05, 3.63) is 51.2 Å². The first kappa shape index (κ1) is 15.5. The van der Waals surface area contributed by atoms with E-state index in [1.165, 1.54) is 17.4 Å². The van der Waals surface area contributed by atoms with E-state index in [0.29, 0.717) is 16.1 Å². The Labute approximate surface area is 127 Å². The van der Waals surface area contributed by atoms with Crippen molar-refractivity contribution in [2.45, 2.75) is 17.9 Å². The van der Waals surface area contributed by atoms with Crippen LogP contribution in [0.4, 0.5) is 0 Å². The van der Waals surface area contributed by atoms with Gasteiger partial charge in [-0.15, -0.1) is 0 Å². The van der Waals surface area contributed by atoms with Gasteiger partial charge in [-0.2, -0.15) is 11.3 Å². The lowest BCUT2D eigenvalue weighted by molar-refractivity contribution is 0.182. The maximum atomic E-state index is 12.2. The summed E-state index contributed by atoms with van der Waals surface area (Å²) >= 11 is 7.37. The predicted octanol–water partition coefficient (Wildman–Crippen LogP) is 2.72. The molecule has 0 radical (unpaired) electrons. The topological polar surface area (TPSA) is 66.4 Å². The predicted molar refractivity (Wildman–Crippen MR) is 80.7 cm³/mol. The SMILES string of the molecule is Cc1c(Cl)cccc1S(=O)(=O)NCC(O)c1ccsc1. The lowest BCUT2D eigenvalue weighted by Gasteiger charge is -2.13. The third-order valence-corrected chi connectivity index (χ3v) is 5.58. The summed E-state index contributed by atoms with van der Waals surface area (Å²) in [5.74, 6) is 0. The normalized spacial score (nSPS) is 13.3.